The van der Waals surface area contributed by atoms with Gasteiger partial charge in [-0.15, -0.1) is 0 Å². The number of nitrogens with zero attached hydrogens (tertiary/aromatic N) is 1. The van der Waals surface area contributed by atoms with Gasteiger partial charge in [0.05, 0.1) is 6.10 Å². The van der Waals surface area contributed by atoms with Gasteiger partial charge in [0.15, 0.2) is 0 Å². The lowest BCUT2D eigenvalue weighted by Crippen LogP contribution is -2.47. The molecule has 1 saturated heterocycles. The van der Waals surface area contributed by atoms with E-state index in [-0.39, 0.29) is 12.1 Å². The van der Waals surface area contributed by atoms with Crippen LogP contribution in [-0.4, -0.2) is 47.8 Å². The van der Waals surface area contributed by atoms with Crippen molar-refractivity contribution in [3.05, 3.63) is 0 Å². The molecular formula is C10H22N2O. The van der Waals surface area contributed by atoms with E-state index in [2.05, 4.69) is 24.1 Å². The highest BCUT2D eigenvalue weighted by Gasteiger charge is 2.26. The Morgan fingerprint density at radius 2 is 2.23 bits per heavy atom. The van der Waals surface area contributed by atoms with E-state index >= 15 is 0 Å². The highest BCUT2D eigenvalue weighted by Crippen LogP contribution is 2.14. The molecule has 1 fully saturated rings. The topological polar surface area (TPSA) is 35.5 Å². The Balaban J connectivity index is 2.49. The molecule has 78 valence electrons. The van der Waals surface area contributed by atoms with Gasteiger partial charge in [-0.25, -0.2) is 0 Å². The monoisotopic (exact) mass is 186 g/mol. The molecule has 0 aromatic heterocycles. The van der Waals surface area contributed by atoms with Crippen molar-refractivity contribution in [3.63, 3.8) is 0 Å². The highest BCUT2D eigenvalue weighted by atomic mass is 16.3. The second-order valence-electron chi connectivity index (χ2n) is 3.96. The minimum Gasteiger partial charge on any atom is -0.392 e. The van der Waals surface area contributed by atoms with Crippen molar-refractivity contribution in [2.45, 2.75) is 45.4 Å². The standard InChI is InChI=1S/C10H22N2O/c1-4-12(8(2)9(3)13)10-5-6-11-7-10/h8-11,13H,4-7H2,1-3H3. The third-order valence-electron chi connectivity index (χ3n) is 3.09. The second kappa shape index (κ2) is 4.94. The van der Waals surface area contributed by atoms with Gasteiger partial charge in [-0.2, -0.15) is 0 Å². The van der Waals surface area contributed by atoms with Gasteiger partial charge >= 0.3 is 0 Å². The summed E-state index contributed by atoms with van der Waals surface area (Å²) in [5.74, 6) is 0. The molecule has 13 heavy (non-hydrogen) atoms. The Hall–Kier alpha value is -0.120. The summed E-state index contributed by atoms with van der Waals surface area (Å²) in [5.41, 5.74) is 0. The summed E-state index contributed by atoms with van der Waals surface area (Å²) in [6, 6.07) is 0.893. The molecule has 2 N–H and O–H groups in total. The van der Waals surface area contributed by atoms with Crippen molar-refractivity contribution < 1.29 is 5.11 Å². The third kappa shape index (κ3) is 2.66. The molecule has 1 aliphatic rings. The minimum atomic E-state index is -0.236. The summed E-state index contributed by atoms with van der Waals surface area (Å²) in [4.78, 5) is 2.39. The molecule has 3 unspecified atom stereocenters. The molecular weight excluding hydrogens is 164 g/mol. The van der Waals surface area contributed by atoms with Gasteiger partial charge < -0.3 is 10.4 Å². The van der Waals surface area contributed by atoms with Crippen molar-refractivity contribution in [2.24, 2.45) is 0 Å². The average Bonchev–Trinajstić information content (AvgIpc) is 2.58. The zero-order valence-corrected chi connectivity index (χ0v) is 8.95. The Bertz CT molecular complexity index is 142. The first-order valence-corrected chi connectivity index (χ1v) is 5.31. The summed E-state index contributed by atoms with van der Waals surface area (Å²) in [6.45, 7) is 9.36. The molecule has 3 nitrogen and oxygen atoms in total. The summed E-state index contributed by atoms with van der Waals surface area (Å²) < 4.78 is 0. The molecule has 3 heteroatoms. The van der Waals surface area contributed by atoms with E-state index in [0.29, 0.717) is 6.04 Å². The molecule has 0 bridgehead atoms. The summed E-state index contributed by atoms with van der Waals surface area (Å²) in [5, 5.41) is 12.9. The first-order valence-electron chi connectivity index (χ1n) is 5.31. The normalized spacial score (nSPS) is 27.9. The Morgan fingerprint density at radius 1 is 1.54 bits per heavy atom. The van der Waals surface area contributed by atoms with Crippen LogP contribution in [0.2, 0.25) is 0 Å². The molecule has 0 aromatic rings. The first-order chi connectivity index (χ1) is 6.16. The van der Waals surface area contributed by atoms with Crippen LogP contribution in [0.15, 0.2) is 0 Å². The number of hydrogen-bond acceptors (Lipinski definition) is 3. The smallest absolute Gasteiger partial charge is 0.0664 e. The van der Waals surface area contributed by atoms with E-state index < -0.39 is 0 Å². The van der Waals surface area contributed by atoms with Gasteiger partial charge in [0.25, 0.3) is 0 Å². The molecule has 1 heterocycles. The fraction of sp³-hybridized carbons (Fsp3) is 1.00. The number of aliphatic hydroxyl groups is 1. The van der Waals surface area contributed by atoms with Crippen LogP contribution in [0.5, 0.6) is 0 Å². The van der Waals surface area contributed by atoms with Crippen LogP contribution in [0, 0.1) is 0 Å². The maximum Gasteiger partial charge on any atom is 0.0664 e. The maximum atomic E-state index is 9.52. The van der Waals surface area contributed by atoms with Crippen LogP contribution >= 0.6 is 0 Å². The number of hydrogen-bond donors (Lipinski definition) is 2. The molecule has 1 aliphatic heterocycles. The predicted molar refractivity (Wildman–Crippen MR) is 54.8 cm³/mol. The Labute approximate surface area is 81.1 Å². The van der Waals surface area contributed by atoms with Crippen LogP contribution in [-0.2, 0) is 0 Å². The molecule has 0 aromatic carbocycles. The van der Waals surface area contributed by atoms with Crippen molar-refractivity contribution in [1.82, 2.24) is 10.2 Å². The summed E-state index contributed by atoms with van der Waals surface area (Å²) in [7, 11) is 0. The number of nitrogens with one attached hydrogen (secondary N) is 1. The third-order valence-corrected chi connectivity index (χ3v) is 3.09. The number of rotatable bonds is 4. The van der Waals surface area contributed by atoms with Crippen LogP contribution in [0.1, 0.15) is 27.2 Å². The molecule has 0 saturated carbocycles. The van der Waals surface area contributed by atoms with Crippen molar-refractivity contribution in [2.75, 3.05) is 19.6 Å². The first kappa shape index (κ1) is 11.0. The van der Waals surface area contributed by atoms with Gasteiger partial charge in [-0.05, 0) is 33.4 Å². The lowest BCUT2D eigenvalue weighted by molar-refractivity contribution is 0.0513. The van der Waals surface area contributed by atoms with E-state index in [1.54, 1.807) is 0 Å². The molecule has 0 spiro atoms. The fourth-order valence-electron chi connectivity index (χ4n) is 2.08. The maximum absolute atomic E-state index is 9.52. The van der Waals surface area contributed by atoms with E-state index in [4.69, 9.17) is 0 Å². The predicted octanol–water partition coefficient (Wildman–Crippen LogP) is 0.440. The van der Waals surface area contributed by atoms with Gasteiger partial charge in [-0.1, -0.05) is 6.92 Å². The second-order valence-corrected chi connectivity index (χ2v) is 3.96. The van der Waals surface area contributed by atoms with Gasteiger partial charge in [0.1, 0.15) is 0 Å². The number of likely N-dealkylation sites (N-methyl/N-ethyl adjacent to an activating group) is 1. The fourth-order valence-corrected chi connectivity index (χ4v) is 2.08. The zero-order valence-electron chi connectivity index (χ0n) is 8.95. The van der Waals surface area contributed by atoms with E-state index in [9.17, 15) is 5.11 Å². The quantitative estimate of drug-likeness (QED) is 0.669. The summed E-state index contributed by atoms with van der Waals surface area (Å²) >= 11 is 0. The van der Waals surface area contributed by atoms with Crippen LogP contribution < -0.4 is 5.32 Å². The lowest BCUT2D eigenvalue weighted by atomic mass is 10.1. The number of aliphatic hydroxyl groups excluding tert-OH is 1. The summed E-state index contributed by atoms with van der Waals surface area (Å²) in [6.07, 6.45) is 0.978. The lowest BCUT2D eigenvalue weighted by Gasteiger charge is -2.34. The highest BCUT2D eigenvalue weighted by molar-refractivity contribution is 4.84. The molecule has 1 rings (SSSR count). The SMILES string of the molecule is CCN(C1CCNC1)C(C)C(C)O. The van der Waals surface area contributed by atoms with Crippen LogP contribution in [0.4, 0.5) is 0 Å². The Kier molecular flexibility index (Phi) is 4.16. The van der Waals surface area contributed by atoms with Crippen molar-refractivity contribution in [1.29, 1.82) is 0 Å². The van der Waals surface area contributed by atoms with Crippen LogP contribution in [0.3, 0.4) is 0 Å². The zero-order chi connectivity index (χ0) is 9.84. The minimum absolute atomic E-state index is 0.236. The van der Waals surface area contributed by atoms with E-state index in [1.165, 1.54) is 6.42 Å². The van der Waals surface area contributed by atoms with Gasteiger partial charge in [0, 0.05) is 18.6 Å². The van der Waals surface area contributed by atoms with E-state index in [1.807, 2.05) is 6.92 Å². The van der Waals surface area contributed by atoms with Gasteiger partial charge in [0.2, 0.25) is 0 Å². The molecule has 0 aliphatic carbocycles. The molecule has 3 atom stereocenters. The van der Waals surface area contributed by atoms with Crippen molar-refractivity contribution in [3.8, 4) is 0 Å². The average molecular weight is 186 g/mol. The largest absolute Gasteiger partial charge is 0.392 e. The van der Waals surface area contributed by atoms with E-state index in [0.717, 1.165) is 19.6 Å². The molecule has 0 radical (unpaired) electrons. The molecule has 0 amide bonds. The van der Waals surface area contributed by atoms with Crippen molar-refractivity contribution >= 4 is 0 Å². The van der Waals surface area contributed by atoms with Crippen LogP contribution in [0.25, 0.3) is 0 Å². The Morgan fingerprint density at radius 3 is 2.62 bits per heavy atom. The van der Waals surface area contributed by atoms with Gasteiger partial charge in [-0.3, -0.25) is 4.90 Å².